The average Bonchev–Trinajstić information content (AvgIpc) is 2.28. The summed E-state index contributed by atoms with van der Waals surface area (Å²) in [6.45, 7) is -0.312. The van der Waals surface area contributed by atoms with E-state index in [1.54, 1.807) is 0 Å². The van der Waals surface area contributed by atoms with Crippen molar-refractivity contribution in [2.24, 2.45) is 5.73 Å². The number of hydrogen-bond acceptors (Lipinski definition) is 3. The fraction of sp³-hybridized carbons (Fsp3) is 0.400. The number of nitrogens with two attached hydrogens (primary N) is 1. The zero-order valence-corrected chi connectivity index (χ0v) is 9.84. The molecule has 0 heterocycles. The summed E-state index contributed by atoms with van der Waals surface area (Å²) in [6.07, 6.45) is -8.43. The Morgan fingerprint density at radius 2 is 1.72 bits per heavy atom. The Morgan fingerprint density at radius 3 is 2.11 bits per heavy atom. The lowest BCUT2D eigenvalue weighted by Crippen LogP contribution is -2.33. The van der Waals surface area contributed by atoms with Gasteiger partial charge >= 0.3 is 12.5 Å². The van der Waals surface area contributed by atoms with Gasteiger partial charge in [0.2, 0.25) is 0 Å². The second-order valence-electron chi connectivity index (χ2n) is 3.32. The van der Waals surface area contributed by atoms with Crippen molar-refractivity contribution in [3.8, 4) is 5.75 Å². The summed E-state index contributed by atoms with van der Waals surface area (Å²) in [6, 6.07) is 4.15. The number of halogens is 5. The zero-order valence-electron chi connectivity index (χ0n) is 9.02. The van der Waals surface area contributed by atoms with Gasteiger partial charge < -0.3 is 15.6 Å². The summed E-state index contributed by atoms with van der Waals surface area (Å²) >= 11 is 0. The molecule has 0 aliphatic carbocycles. The normalized spacial score (nSPS) is 13.1. The van der Waals surface area contributed by atoms with Crippen LogP contribution in [0.2, 0.25) is 0 Å². The Bertz CT molecular complexity index is 361. The third-order valence-electron chi connectivity index (χ3n) is 2.01. The van der Waals surface area contributed by atoms with Crippen LogP contribution in [-0.4, -0.2) is 24.2 Å². The van der Waals surface area contributed by atoms with E-state index in [9.17, 15) is 17.6 Å². The van der Waals surface area contributed by atoms with E-state index in [1.807, 2.05) is 0 Å². The zero-order chi connectivity index (χ0) is 13.1. The van der Waals surface area contributed by atoms with Crippen LogP contribution in [0.1, 0.15) is 11.6 Å². The fourth-order valence-electron chi connectivity index (χ4n) is 1.09. The number of aliphatic hydroxyl groups is 1. The van der Waals surface area contributed by atoms with Crippen molar-refractivity contribution >= 4 is 12.4 Å². The molecule has 0 aliphatic heterocycles. The van der Waals surface area contributed by atoms with Gasteiger partial charge in [0.15, 0.2) is 0 Å². The SMILES string of the molecule is Cl.N[C@@H](CO)c1ccc(OC(F)(F)C(F)F)cc1. The van der Waals surface area contributed by atoms with E-state index in [2.05, 4.69) is 4.74 Å². The Morgan fingerprint density at radius 1 is 1.22 bits per heavy atom. The van der Waals surface area contributed by atoms with Gasteiger partial charge in [-0.1, -0.05) is 12.1 Å². The predicted octanol–water partition coefficient (Wildman–Crippen LogP) is 2.34. The maximum Gasteiger partial charge on any atom is 0.461 e. The standard InChI is InChI=1S/C10H11F4NO2.ClH/c11-9(12)10(13,14)17-7-3-1-6(2-4-7)8(15)5-16;/h1-4,8-9,16H,5,15H2;1H/t8-;/m0./s1. The largest absolute Gasteiger partial charge is 0.461 e. The van der Waals surface area contributed by atoms with E-state index in [0.717, 1.165) is 12.1 Å². The monoisotopic (exact) mass is 289 g/mol. The molecule has 18 heavy (non-hydrogen) atoms. The maximum absolute atomic E-state index is 12.5. The minimum Gasteiger partial charge on any atom is -0.428 e. The fourth-order valence-corrected chi connectivity index (χ4v) is 1.09. The number of ether oxygens (including phenoxy) is 1. The van der Waals surface area contributed by atoms with E-state index in [-0.39, 0.29) is 19.0 Å². The molecule has 0 saturated carbocycles. The molecule has 0 spiro atoms. The van der Waals surface area contributed by atoms with E-state index in [4.69, 9.17) is 10.8 Å². The Kier molecular flexibility index (Phi) is 6.37. The summed E-state index contributed by atoms with van der Waals surface area (Å²) in [5.41, 5.74) is 5.95. The molecule has 8 heteroatoms. The third-order valence-corrected chi connectivity index (χ3v) is 2.01. The van der Waals surface area contributed by atoms with E-state index in [1.165, 1.54) is 12.1 Å². The molecule has 0 unspecified atom stereocenters. The topological polar surface area (TPSA) is 55.5 Å². The number of alkyl halides is 4. The van der Waals surface area contributed by atoms with Gasteiger partial charge in [0, 0.05) is 0 Å². The summed E-state index contributed by atoms with van der Waals surface area (Å²) in [5.74, 6) is -0.399. The summed E-state index contributed by atoms with van der Waals surface area (Å²) in [5, 5.41) is 8.74. The highest BCUT2D eigenvalue weighted by molar-refractivity contribution is 5.85. The minimum atomic E-state index is -4.53. The second-order valence-corrected chi connectivity index (χ2v) is 3.32. The van der Waals surface area contributed by atoms with Crippen molar-refractivity contribution in [1.29, 1.82) is 0 Å². The molecule has 0 amide bonds. The number of rotatable bonds is 5. The van der Waals surface area contributed by atoms with Gasteiger partial charge in [0.05, 0.1) is 12.6 Å². The van der Waals surface area contributed by atoms with Crippen LogP contribution in [0.5, 0.6) is 5.75 Å². The molecule has 0 saturated heterocycles. The first kappa shape index (κ1) is 16.9. The quantitative estimate of drug-likeness (QED) is 0.818. The molecule has 0 fully saturated rings. The molecule has 0 aliphatic rings. The van der Waals surface area contributed by atoms with Crippen LogP contribution < -0.4 is 10.5 Å². The predicted molar refractivity (Wildman–Crippen MR) is 59.3 cm³/mol. The van der Waals surface area contributed by atoms with Crippen LogP contribution in [0, 0.1) is 0 Å². The minimum absolute atomic E-state index is 0. The van der Waals surface area contributed by atoms with Crippen molar-refractivity contribution < 1.29 is 27.4 Å². The molecule has 1 atom stereocenters. The summed E-state index contributed by atoms with van der Waals surface area (Å²) in [7, 11) is 0. The van der Waals surface area contributed by atoms with Crippen molar-refractivity contribution in [3.63, 3.8) is 0 Å². The molecule has 0 aromatic heterocycles. The van der Waals surface area contributed by atoms with Crippen molar-refractivity contribution in [2.75, 3.05) is 6.61 Å². The smallest absolute Gasteiger partial charge is 0.428 e. The molecule has 0 radical (unpaired) electrons. The van der Waals surface area contributed by atoms with Crippen molar-refractivity contribution in [1.82, 2.24) is 0 Å². The lowest BCUT2D eigenvalue weighted by molar-refractivity contribution is -0.253. The number of aliphatic hydroxyl groups excluding tert-OH is 1. The molecule has 1 aromatic rings. The first-order chi connectivity index (χ1) is 7.86. The van der Waals surface area contributed by atoms with Crippen molar-refractivity contribution in [3.05, 3.63) is 29.8 Å². The van der Waals surface area contributed by atoms with Crippen LogP contribution in [-0.2, 0) is 0 Å². The van der Waals surface area contributed by atoms with Crippen LogP contribution in [0.4, 0.5) is 17.6 Å². The summed E-state index contributed by atoms with van der Waals surface area (Å²) in [4.78, 5) is 0. The Hall–Kier alpha value is -1.05. The van der Waals surface area contributed by atoms with E-state index in [0.29, 0.717) is 5.56 Å². The van der Waals surface area contributed by atoms with E-state index >= 15 is 0 Å². The third kappa shape index (κ3) is 4.32. The maximum atomic E-state index is 12.5. The van der Waals surface area contributed by atoms with Gasteiger partial charge in [-0.3, -0.25) is 0 Å². The molecule has 3 nitrogen and oxygen atoms in total. The first-order valence-electron chi connectivity index (χ1n) is 4.68. The molecule has 104 valence electrons. The Balaban J connectivity index is 0.00000289. The highest BCUT2D eigenvalue weighted by Gasteiger charge is 2.43. The van der Waals surface area contributed by atoms with Gasteiger partial charge in [0.25, 0.3) is 0 Å². The number of benzene rings is 1. The molecule has 1 rings (SSSR count). The lowest BCUT2D eigenvalue weighted by atomic mass is 10.1. The van der Waals surface area contributed by atoms with Gasteiger partial charge in [-0.05, 0) is 17.7 Å². The van der Waals surface area contributed by atoms with Gasteiger partial charge in [-0.2, -0.15) is 17.6 Å². The van der Waals surface area contributed by atoms with Crippen LogP contribution in [0.25, 0.3) is 0 Å². The van der Waals surface area contributed by atoms with Gasteiger partial charge in [-0.15, -0.1) is 12.4 Å². The Labute approximate surface area is 107 Å². The molecule has 0 bridgehead atoms. The summed E-state index contributed by atoms with van der Waals surface area (Å²) < 4.78 is 52.6. The van der Waals surface area contributed by atoms with E-state index < -0.39 is 24.3 Å². The number of hydrogen-bond donors (Lipinski definition) is 2. The first-order valence-corrected chi connectivity index (χ1v) is 4.68. The molecular formula is C10H12ClF4NO2. The highest BCUT2D eigenvalue weighted by Crippen LogP contribution is 2.27. The van der Waals surface area contributed by atoms with Crippen LogP contribution in [0.15, 0.2) is 24.3 Å². The molecular weight excluding hydrogens is 278 g/mol. The van der Waals surface area contributed by atoms with Gasteiger partial charge in [0.1, 0.15) is 5.75 Å². The van der Waals surface area contributed by atoms with Gasteiger partial charge in [-0.25, -0.2) is 0 Å². The molecule has 3 N–H and O–H groups in total. The lowest BCUT2D eigenvalue weighted by Gasteiger charge is -2.17. The average molecular weight is 290 g/mol. The van der Waals surface area contributed by atoms with Crippen molar-refractivity contribution in [2.45, 2.75) is 18.6 Å². The van der Waals surface area contributed by atoms with Crippen LogP contribution >= 0.6 is 12.4 Å². The molecule has 1 aromatic carbocycles. The highest BCUT2D eigenvalue weighted by atomic mass is 35.5. The second kappa shape index (κ2) is 6.77. The van der Waals surface area contributed by atoms with Crippen LogP contribution in [0.3, 0.4) is 0 Å².